The SMILES string of the molecule is NC(=O)Nc1sc(-c2cccc(CNC(C(=O)O)C3CCCCC3)c2)cc1C(N)=O. The number of carboxylic acid groups (broad SMARTS) is 1. The van der Waals surface area contributed by atoms with E-state index in [-0.39, 0.29) is 11.5 Å². The summed E-state index contributed by atoms with van der Waals surface area (Å²) < 4.78 is 0. The Hall–Kier alpha value is -2.91. The van der Waals surface area contributed by atoms with Crippen LogP contribution < -0.4 is 22.1 Å². The first-order valence-electron chi connectivity index (χ1n) is 9.90. The quantitative estimate of drug-likeness (QED) is 0.436. The van der Waals surface area contributed by atoms with Crippen LogP contribution in [0.3, 0.4) is 0 Å². The Labute approximate surface area is 178 Å². The number of anilines is 1. The van der Waals surface area contributed by atoms with E-state index in [4.69, 9.17) is 11.5 Å². The van der Waals surface area contributed by atoms with Crippen molar-refractivity contribution in [2.24, 2.45) is 17.4 Å². The largest absolute Gasteiger partial charge is 0.480 e. The van der Waals surface area contributed by atoms with Crippen molar-refractivity contribution in [3.8, 4) is 10.4 Å². The lowest BCUT2D eigenvalue weighted by atomic mass is 9.84. The first kappa shape index (κ1) is 21.8. The maximum Gasteiger partial charge on any atom is 0.320 e. The molecule has 1 unspecified atom stereocenters. The van der Waals surface area contributed by atoms with Crippen molar-refractivity contribution in [2.45, 2.75) is 44.7 Å². The van der Waals surface area contributed by atoms with Crippen LogP contribution in [0.1, 0.15) is 48.0 Å². The summed E-state index contributed by atoms with van der Waals surface area (Å²) in [5.74, 6) is -1.32. The predicted octanol–water partition coefficient (Wildman–Crippen LogP) is 3.13. The van der Waals surface area contributed by atoms with Gasteiger partial charge in [-0.25, -0.2) is 4.79 Å². The number of thiophene rings is 1. The maximum absolute atomic E-state index is 11.8. The summed E-state index contributed by atoms with van der Waals surface area (Å²) in [5, 5.41) is 15.6. The summed E-state index contributed by atoms with van der Waals surface area (Å²) in [6, 6.07) is 7.87. The number of hydrogen-bond acceptors (Lipinski definition) is 5. The average molecular weight is 431 g/mol. The number of carbonyl (C=O) groups is 3. The summed E-state index contributed by atoms with van der Waals surface area (Å²) >= 11 is 1.20. The number of nitrogens with one attached hydrogen (secondary N) is 2. The topological polar surface area (TPSA) is 148 Å². The Balaban J connectivity index is 1.76. The molecule has 1 aliphatic carbocycles. The molecule has 0 aliphatic heterocycles. The van der Waals surface area contributed by atoms with Gasteiger partial charge in [0.15, 0.2) is 0 Å². The minimum Gasteiger partial charge on any atom is -0.480 e. The van der Waals surface area contributed by atoms with Gasteiger partial charge in [0.25, 0.3) is 5.91 Å². The van der Waals surface area contributed by atoms with Gasteiger partial charge in [0.2, 0.25) is 0 Å². The molecule has 1 heterocycles. The average Bonchev–Trinajstić information content (AvgIpc) is 3.12. The fourth-order valence-corrected chi connectivity index (χ4v) is 4.97. The molecule has 0 saturated heterocycles. The fourth-order valence-electron chi connectivity index (χ4n) is 3.91. The van der Waals surface area contributed by atoms with Gasteiger partial charge in [-0.2, -0.15) is 0 Å². The van der Waals surface area contributed by atoms with Crippen molar-refractivity contribution >= 4 is 34.2 Å². The van der Waals surface area contributed by atoms with Crippen LogP contribution in [-0.2, 0) is 11.3 Å². The second-order valence-corrected chi connectivity index (χ2v) is 8.55. The summed E-state index contributed by atoms with van der Waals surface area (Å²) in [4.78, 5) is 35.4. The standard InChI is InChI=1S/C21H26N4O4S/c22-18(26)15-10-16(30-19(15)25-21(23)29)14-8-4-5-12(9-14)11-24-17(20(27)28)13-6-2-1-3-7-13/h4-5,8-10,13,17,24H,1-3,6-7,11H2,(H2,22,26)(H,27,28)(H3,23,25,29). The van der Waals surface area contributed by atoms with Crippen LogP contribution in [0.25, 0.3) is 10.4 Å². The van der Waals surface area contributed by atoms with Crippen LogP contribution in [0.4, 0.5) is 9.80 Å². The molecular formula is C21H26N4O4S. The normalized spacial score (nSPS) is 15.5. The number of hydrogen-bond donors (Lipinski definition) is 5. The number of aliphatic carboxylic acids is 1. The van der Waals surface area contributed by atoms with Gasteiger partial charge >= 0.3 is 12.0 Å². The minimum atomic E-state index is -0.815. The molecule has 0 radical (unpaired) electrons. The van der Waals surface area contributed by atoms with E-state index in [0.29, 0.717) is 11.5 Å². The van der Waals surface area contributed by atoms with Crippen LogP contribution >= 0.6 is 11.3 Å². The number of rotatable bonds is 8. The highest BCUT2D eigenvalue weighted by atomic mass is 32.1. The molecule has 1 aromatic carbocycles. The molecule has 1 aliphatic rings. The van der Waals surface area contributed by atoms with Gasteiger partial charge in [-0.05, 0) is 42.0 Å². The molecule has 2 aromatic rings. The van der Waals surface area contributed by atoms with Gasteiger partial charge in [0.05, 0.1) is 5.56 Å². The van der Waals surface area contributed by atoms with Crippen LogP contribution in [0.5, 0.6) is 0 Å². The third-order valence-corrected chi connectivity index (χ3v) is 6.46. The molecule has 8 nitrogen and oxygen atoms in total. The summed E-state index contributed by atoms with van der Waals surface area (Å²) in [7, 11) is 0. The minimum absolute atomic E-state index is 0.150. The molecule has 0 spiro atoms. The van der Waals surface area contributed by atoms with Crippen molar-refractivity contribution in [1.82, 2.24) is 5.32 Å². The number of primary amides is 2. The van der Waals surface area contributed by atoms with Crippen molar-refractivity contribution in [3.63, 3.8) is 0 Å². The third-order valence-electron chi connectivity index (χ3n) is 5.36. The Bertz CT molecular complexity index is 937. The second kappa shape index (κ2) is 9.73. The molecule has 9 heteroatoms. The molecule has 1 aromatic heterocycles. The van der Waals surface area contributed by atoms with E-state index < -0.39 is 23.9 Å². The van der Waals surface area contributed by atoms with E-state index in [2.05, 4.69) is 10.6 Å². The van der Waals surface area contributed by atoms with Crippen LogP contribution in [0.2, 0.25) is 0 Å². The zero-order valence-corrected chi connectivity index (χ0v) is 17.3. The van der Waals surface area contributed by atoms with Gasteiger partial charge in [-0.1, -0.05) is 37.5 Å². The number of carboxylic acids is 1. The second-order valence-electron chi connectivity index (χ2n) is 7.50. The zero-order chi connectivity index (χ0) is 21.7. The molecule has 7 N–H and O–H groups in total. The number of benzene rings is 1. The molecule has 3 rings (SSSR count). The molecule has 1 fully saturated rings. The van der Waals surface area contributed by atoms with Gasteiger partial charge in [-0.3, -0.25) is 14.9 Å². The summed E-state index contributed by atoms with van der Waals surface area (Å²) in [5.41, 5.74) is 12.5. The highest BCUT2D eigenvalue weighted by molar-refractivity contribution is 7.20. The van der Waals surface area contributed by atoms with Crippen molar-refractivity contribution in [3.05, 3.63) is 41.5 Å². The molecule has 0 bridgehead atoms. The maximum atomic E-state index is 11.8. The number of amides is 3. The van der Waals surface area contributed by atoms with Crippen LogP contribution in [0, 0.1) is 5.92 Å². The number of carbonyl (C=O) groups excluding carboxylic acids is 2. The van der Waals surface area contributed by atoms with Gasteiger partial charge in [0, 0.05) is 11.4 Å². The molecule has 160 valence electrons. The number of urea groups is 1. The monoisotopic (exact) mass is 430 g/mol. The highest BCUT2D eigenvalue weighted by Crippen LogP contribution is 2.35. The first-order chi connectivity index (χ1) is 14.3. The lowest BCUT2D eigenvalue weighted by Gasteiger charge is -2.28. The Morgan fingerprint density at radius 2 is 1.87 bits per heavy atom. The fraction of sp³-hybridized carbons (Fsp3) is 0.381. The van der Waals surface area contributed by atoms with Gasteiger partial charge in [0.1, 0.15) is 11.0 Å². The highest BCUT2D eigenvalue weighted by Gasteiger charge is 2.28. The van der Waals surface area contributed by atoms with Gasteiger partial charge in [-0.15, -0.1) is 11.3 Å². The molecule has 30 heavy (non-hydrogen) atoms. The Morgan fingerprint density at radius 3 is 2.50 bits per heavy atom. The lowest BCUT2D eigenvalue weighted by molar-refractivity contribution is -0.141. The predicted molar refractivity (Wildman–Crippen MR) is 116 cm³/mol. The van der Waals surface area contributed by atoms with Gasteiger partial charge < -0.3 is 21.9 Å². The first-order valence-corrected chi connectivity index (χ1v) is 10.7. The zero-order valence-electron chi connectivity index (χ0n) is 16.5. The van der Waals surface area contributed by atoms with Crippen molar-refractivity contribution < 1.29 is 19.5 Å². The van der Waals surface area contributed by atoms with E-state index in [9.17, 15) is 19.5 Å². The van der Waals surface area contributed by atoms with E-state index in [1.165, 1.54) is 17.8 Å². The van der Waals surface area contributed by atoms with E-state index in [1.807, 2.05) is 24.3 Å². The van der Waals surface area contributed by atoms with Crippen LogP contribution in [-0.4, -0.2) is 29.1 Å². The number of nitrogens with two attached hydrogens (primary N) is 2. The van der Waals surface area contributed by atoms with Crippen molar-refractivity contribution in [1.29, 1.82) is 0 Å². The molecule has 3 amide bonds. The van der Waals surface area contributed by atoms with E-state index >= 15 is 0 Å². The van der Waals surface area contributed by atoms with Crippen LogP contribution in [0.15, 0.2) is 30.3 Å². The molecular weight excluding hydrogens is 404 g/mol. The Morgan fingerprint density at radius 1 is 1.13 bits per heavy atom. The van der Waals surface area contributed by atoms with E-state index in [1.54, 1.807) is 6.07 Å². The summed E-state index contributed by atoms with van der Waals surface area (Å²) in [6.45, 7) is 0.418. The van der Waals surface area contributed by atoms with E-state index in [0.717, 1.165) is 41.7 Å². The third kappa shape index (κ3) is 5.37. The Kier molecular flexibility index (Phi) is 7.07. The lowest BCUT2D eigenvalue weighted by Crippen LogP contribution is -2.43. The summed E-state index contributed by atoms with van der Waals surface area (Å²) in [6.07, 6.45) is 5.20. The smallest absolute Gasteiger partial charge is 0.320 e. The van der Waals surface area contributed by atoms with Crippen molar-refractivity contribution in [2.75, 3.05) is 5.32 Å². The molecule has 1 saturated carbocycles. The molecule has 1 atom stereocenters.